The van der Waals surface area contributed by atoms with Crippen LogP contribution in [-0.2, 0) is 13.0 Å². The molecule has 0 radical (unpaired) electrons. The zero-order valence-electron chi connectivity index (χ0n) is 16.0. The maximum atomic E-state index is 13.0. The Bertz CT molecular complexity index is 874. The summed E-state index contributed by atoms with van der Waals surface area (Å²) in [5.41, 5.74) is 4.26. The van der Waals surface area contributed by atoms with Crippen LogP contribution in [0.3, 0.4) is 0 Å². The molecule has 2 aliphatic rings. The fourth-order valence-electron chi connectivity index (χ4n) is 4.19. The van der Waals surface area contributed by atoms with Crippen LogP contribution >= 0.6 is 0 Å². The quantitative estimate of drug-likeness (QED) is 0.906. The van der Waals surface area contributed by atoms with Crippen molar-refractivity contribution in [3.8, 4) is 0 Å². The molecule has 2 amide bonds. The first-order valence-electron chi connectivity index (χ1n) is 9.81. The molecule has 142 valence electrons. The fourth-order valence-corrected chi connectivity index (χ4v) is 4.19. The number of nitrogens with one attached hydrogen (secondary N) is 1. The topological polar surface area (TPSA) is 67.2 Å². The second-order valence-electron chi connectivity index (χ2n) is 7.67. The Kier molecular flexibility index (Phi) is 4.72. The van der Waals surface area contributed by atoms with Gasteiger partial charge in [0.25, 0.3) is 11.8 Å². The van der Waals surface area contributed by atoms with Crippen molar-refractivity contribution >= 4 is 17.5 Å². The minimum absolute atomic E-state index is 0.0406. The molecule has 1 saturated heterocycles. The summed E-state index contributed by atoms with van der Waals surface area (Å²) in [6.45, 7) is 6.34. The highest BCUT2D eigenvalue weighted by molar-refractivity contribution is 6.05. The largest absolute Gasteiger partial charge is 0.336 e. The van der Waals surface area contributed by atoms with Crippen LogP contribution in [0.2, 0.25) is 0 Å². The number of likely N-dealkylation sites (tertiary alicyclic amines) is 1. The zero-order chi connectivity index (χ0) is 19.0. The number of fused-ring (bicyclic) bond motifs is 1. The lowest BCUT2D eigenvalue weighted by Crippen LogP contribution is -2.31. The molecule has 4 rings (SSSR count). The first kappa shape index (κ1) is 17.8. The van der Waals surface area contributed by atoms with E-state index in [4.69, 9.17) is 0 Å². The van der Waals surface area contributed by atoms with E-state index >= 15 is 0 Å². The minimum atomic E-state index is -0.230. The second kappa shape index (κ2) is 7.18. The highest BCUT2D eigenvalue weighted by Gasteiger charge is 2.30. The van der Waals surface area contributed by atoms with Gasteiger partial charge in [0.05, 0.1) is 5.69 Å². The van der Waals surface area contributed by atoms with E-state index in [1.807, 2.05) is 35.4 Å². The maximum Gasteiger partial charge on any atom is 0.289 e. The molecule has 6 heteroatoms. The lowest BCUT2D eigenvalue weighted by molar-refractivity contribution is 0.0774. The number of nitrogens with zero attached hydrogens (tertiary/aromatic N) is 3. The highest BCUT2D eigenvalue weighted by atomic mass is 16.2. The molecular weight excluding hydrogens is 340 g/mol. The van der Waals surface area contributed by atoms with Crippen molar-refractivity contribution in [2.45, 2.75) is 52.5 Å². The molecule has 1 N–H and O–H groups in total. The molecule has 1 aromatic heterocycles. The second-order valence-corrected chi connectivity index (χ2v) is 7.67. The molecule has 0 spiro atoms. The van der Waals surface area contributed by atoms with Crippen molar-refractivity contribution in [3.05, 3.63) is 46.5 Å². The smallest absolute Gasteiger partial charge is 0.289 e. The Labute approximate surface area is 159 Å². The summed E-state index contributed by atoms with van der Waals surface area (Å²) in [5.74, 6) is 0.157. The van der Waals surface area contributed by atoms with Gasteiger partial charge in [-0.05, 0) is 69.2 Å². The molecule has 1 aromatic carbocycles. The molecule has 0 saturated carbocycles. The fraction of sp³-hybridized carbons (Fsp3) is 0.476. The predicted molar refractivity (Wildman–Crippen MR) is 104 cm³/mol. The van der Waals surface area contributed by atoms with E-state index in [2.05, 4.69) is 16.4 Å². The van der Waals surface area contributed by atoms with Gasteiger partial charge in [-0.15, -0.1) is 0 Å². The number of aromatic nitrogens is 2. The average molecular weight is 366 g/mol. The standard InChI is InChI=1S/C21H26N4O2/c1-14-11-15(2)13-16(12-14)22-20(26)18-17-7-3-4-10-25(17)19(23-18)21(27)24-8-5-6-9-24/h11-13H,3-10H2,1-2H3,(H,22,26). The van der Waals surface area contributed by atoms with Crippen LogP contribution in [0.4, 0.5) is 5.69 Å². The number of hydrogen-bond acceptors (Lipinski definition) is 3. The van der Waals surface area contributed by atoms with E-state index in [9.17, 15) is 9.59 Å². The summed E-state index contributed by atoms with van der Waals surface area (Å²) in [4.78, 5) is 32.3. The third-order valence-corrected chi connectivity index (χ3v) is 5.40. The molecular formula is C21H26N4O2. The molecule has 0 unspecified atom stereocenters. The Balaban J connectivity index is 1.65. The number of anilines is 1. The van der Waals surface area contributed by atoms with Crippen LogP contribution in [0.15, 0.2) is 18.2 Å². The van der Waals surface area contributed by atoms with Gasteiger partial charge in [-0.2, -0.15) is 0 Å². The Morgan fingerprint density at radius 3 is 2.33 bits per heavy atom. The number of aryl methyl sites for hydroxylation is 2. The summed E-state index contributed by atoms with van der Waals surface area (Å²) >= 11 is 0. The van der Waals surface area contributed by atoms with Gasteiger partial charge < -0.3 is 14.8 Å². The molecule has 0 bridgehead atoms. The van der Waals surface area contributed by atoms with Crippen molar-refractivity contribution in [3.63, 3.8) is 0 Å². The first-order chi connectivity index (χ1) is 13.0. The molecule has 1 fully saturated rings. The van der Waals surface area contributed by atoms with Crippen molar-refractivity contribution in [1.82, 2.24) is 14.5 Å². The number of carbonyl (C=O) groups excluding carboxylic acids is 2. The Morgan fingerprint density at radius 1 is 0.963 bits per heavy atom. The van der Waals surface area contributed by atoms with Gasteiger partial charge in [0.1, 0.15) is 0 Å². The van der Waals surface area contributed by atoms with Crippen LogP contribution < -0.4 is 5.32 Å². The number of benzene rings is 1. The summed E-state index contributed by atoms with van der Waals surface area (Å²) in [6, 6.07) is 5.97. The highest BCUT2D eigenvalue weighted by Crippen LogP contribution is 2.24. The molecule has 0 atom stereocenters. The third-order valence-electron chi connectivity index (χ3n) is 5.40. The van der Waals surface area contributed by atoms with Crippen LogP contribution in [0.5, 0.6) is 0 Å². The van der Waals surface area contributed by atoms with E-state index < -0.39 is 0 Å². The summed E-state index contributed by atoms with van der Waals surface area (Å²) in [5, 5.41) is 2.97. The van der Waals surface area contributed by atoms with Crippen molar-refractivity contribution in [1.29, 1.82) is 0 Å². The van der Waals surface area contributed by atoms with Crippen molar-refractivity contribution < 1.29 is 9.59 Å². The lowest BCUT2D eigenvalue weighted by Gasteiger charge is -2.19. The molecule has 2 aliphatic heterocycles. The Hall–Kier alpha value is -2.63. The van der Waals surface area contributed by atoms with Crippen LogP contribution in [0.1, 0.15) is 63.6 Å². The van der Waals surface area contributed by atoms with Gasteiger partial charge in [0.2, 0.25) is 0 Å². The number of carbonyl (C=O) groups is 2. The van der Waals surface area contributed by atoms with Crippen LogP contribution in [0.25, 0.3) is 0 Å². The number of rotatable bonds is 3. The Morgan fingerprint density at radius 2 is 1.63 bits per heavy atom. The summed E-state index contributed by atoms with van der Waals surface area (Å²) in [7, 11) is 0. The number of amides is 2. The van der Waals surface area contributed by atoms with Gasteiger partial charge >= 0.3 is 0 Å². The number of imidazole rings is 1. The van der Waals surface area contributed by atoms with Gasteiger partial charge in [-0.3, -0.25) is 9.59 Å². The van der Waals surface area contributed by atoms with Crippen LogP contribution in [-0.4, -0.2) is 39.4 Å². The number of hydrogen-bond donors (Lipinski definition) is 1. The molecule has 0 aliphatic carbocycles. The van der Waals surface area contributed by atoms with E-state index in [0.29, 0.717) is 11.5 Å². The third kappa shape index (κ3) is 3.48. The van der Waals surface area contributed by atoms with E-state index in [-0.39, 0.29) is 11.8 Å². The van der Waals surface area contributed by atoms with E-state index in [1.165, 1.54) is 0 Å². The summed E-state index contributed by atoms with van der Waals surface area (Å²) in [6.07, 6.45) is 4.91. The first-order valence-corrected chi connectivity index (χ1v) is 9.81. The normalized spacial score (nSPS) is 16.3. The molecule has 6 nitrogen and oxygen atoms in total. The van der Waals surface area contributed by atoms with Gasteiger partial charge in [0.15, 0.2) is 11.5 Å². The predicted octanol–water partition coefficient (Wildman–Crippen LogP) is 3.32. The van der Waals surface area contributed by atoms with Gasteiger partial charge in [-0.1, -0.05) is 6.07 Å². The van der Waals surface area contributed by atoms with Crippen molar-refractivity contribution in [2.75, 3.05) is 18.4 Å². The van der Waals surface area contributed by atoms with E-state index in [0.717, 1.165) is 74.2 Å². The lowest BCUT2D eigenvalue weighted by atomic mass is 10.1. The van der Waals surface area contributed by atoms with Crippen molar-refractivity contribution in [2.24, 2.45) is 0 Å². The molecule has 3 heterocycles. The average Bonchev–Trinajstić information content (AvgIpc) is 3.28. The van der Waals surface area contributed by atoms with Gasteiger partial charge in [0, 0.05) is 25.3 Å². The minimum Gasteiger partial charge on any atom is -0.336 e. The monoisotopic (exact) mass is 366 g/mol. The SMILES string of the molecule is Cc1cc(C)cc(NC(=O)c2nc(C(=O)N3CCCC3)n3c2CCCC3)c1. The molecule has 2 aromatic rings. The van der Waals surface area contributed by atoms with Crippen LogP contribution in [0, 0.1) is 13.8 Å². The molecule has 27 heavy (non-hydrogen) atoms. The zero-order valence-corrected chi connectivity index (χ0v) is 16.0. The van der Waals surface area contributed by atoms with Gasteiger partial charge in [-0.25, -0.2) is 4.98 Å². The van der Waals surface area contributed by atoms with E-state index in [1.54, 1.807) is 0 Å². The maximum absolute atomic E-state index is 13.0. The summed E-state index contributed by atoms with van der Waals surface area (Å²) < 4.78 is 1.97.